The molecular weight excluding hydrogens is 362 g/mol. The van der Waals surface area contributed by atoms with E-state index < -0.39 is 0 Å². The highest BCUT2D eigenvalue weighted by atomic mass is 32.2. The van der Waals surface area contributed by atoms with Gasteiger partial charge in [0.1, 0.15) is 11.5 Å². The molecule has 0 aliphatic heterocycles. The van der Waals surface area contributed by atoms with Crippen molar-refractivity contribution in [3.63, 3.8) is 0 Å². The van der Waals surface area contributed by atoms with Crippen molar-refractivity contribution < 1.29 is 9.47 Å². The summed E-state index contributed by atoms with van der Waals surface area (Å²) in [7, 11) is 3.31. The van der Waals surface area contributed by atoms with E-state index in [0.717, 1.165) is 34.1 Å². The first-order valence-corrected chi connectivity index (χ1v) is 9.30. The fourth-order valence-electron chi connectivity index (χ4n) is 2.36. The summed E-state index contributed by atoms with van der Waals surface area (Å²) in [6.07, 6.45) is 0. The number of ether oxygens (including phenoxy) is 2. The van der Waals surface area contributed by atoms with Gasteiger partial charge in [-0.1, -0.05) is 30.0 Å². The smallest absolute Gasteiger partial charge is 0.240 e. The Hall–Kier alpha value is -3.00. The third kappa shape index (κ3) is 5.01. The summed E-state index contributed by atoms with van der Waals surface area (Å²) in [4.78, 5) is 4.39. The van der Waals surface area contributed by atoms with E-state index in [9.17, 15) is 0 Å². The summed E-state index contributed by atoms with van der Waals surface area (Å²) in [5, 5.41) is 12.0. The largest absolute Gasteiger partial charge is 0.497 e. The highest BCUT2D eigenvalue weighted by Crippen LogP contribution is 2.26. The van der Waals surface area contributed by atoms with Gasteiger partial charge in [-0.05, 0) is 42.8 Å². The molecular formula is C19H21N5O2S. The summed E-state index contributed by atoms with van der Waals surface area (Å²) in [6, 6.07) is 15.6. The summed E-state index contributed by atoms with van der Waals surface area (Å²) >= 11 is 1.52. The van der Waals surface area contributed by atoms with Crippen LogP contribution in [0.5, 0.6) is 11.5 Å². The van der Waals surface area contributed by atoms with Crippen molar-refractivity contribution in [3.8, 4) is 11.5 Å². The zero-order chi connectivity index (χ0) is 19.1. The van der Waals surface area contributed by atoms with Gasteiger partial charge in [-0.15, -0.1) is 5.10 Å². The minimum atomic E-state index is 0.491. The number of benzene rings is 2. The number of aromatic nitrogens is 3. The van der Waals surface area contributed by atoms with E-state index in [1.807, 2.05) is 55.5 Å². The Morgan fingerprint density at radius 1 is 1.11 bits per heavy atom. The van der Waals surface area contributed by atoms with E-state index in [4.69, 9.17) is 9.47 Å². The normalized spacial score (nSPS) is 11.3. The van der Waals surface area contributed by atoms with Gasteiger partial charge in [0.05, 0.1) is 19.9 Å². The van der Waals surface area contributed by atoms with Crippen LogP contribution in [0.2, 0.25) is 0 Å². The Balaban J connectivity index is 1.58. The molecule has 140 valence electrons. The fraction of sp³-hybridized carbons (Fsp3) is 0.211. The molecule has 0 unspecified atom stereocenters. The molecule has 2 N–H and O–H groups in total. The van der Waals surface area contributed by atoms with Crippen molar-refractivity contribution in [2.24, 2.45) is 5.10 Å². The van der Waals surface area contributed by atoms with Gasteiger partial charge in [0.2, 0.25) is 11.1 Å². The van der Waals surface area contributed by atoms with Gasteiger partial charge in [0.15, 0.2) is 0 Å². The van der Waals surface area contributed by atoms with Gasteiger partial charge in [-0.2, -0.15) is 10.1 Å². The van der Waals surface area contributed by atoms with Crippen LogP contribution in [0.25, 0.3) is 0 Å². The van der Waals surface area contributed by atoms with Crippen molar-refractivity contribution >= 4 is 23.4 Å². The van der Waals surface area contributed by atoms with Crippen LogP contribution >= 0.6 is 11.8 Å². The maximum Gasteiger partial charge on any atom is 0.240 e. The molecule has 3 rings (SSSR count). The molecule has 0 spiro atoms. The van der Waals surface area contributed by atoms with E-state index in [-0.39, 0.29) is 0 Å². The first-order valence-electron chi connectivity index (χ1n) is 8.31. The van der Waals surface area contributed by atoms with Crippen LogP contribution in [-0.2, 0) is 5.75 Å². The summed E-state index contributed by atoms with van der Waals surface area (Å²) in [5.74, 6) is 2.88. The third-order valence-electron chi connectivity index (χ3n) is 3.85. The zero-order valence-electron chi connectivity index (χ0n) is 15.4. The molecule has 0 atom stereocenters. The highest BCUT2D eigenvalue weighted by molar-refractivity contribution is 7.98. The van der Waals surface area contributed by atoms with E-state index in [0.29, 0.717) is 11.1 Å². The number of hydrogen-bond donors (Lipinski definition) is 2. The molecule has 0 saturated carbocycles. The monoisotopic (exact) mass is 383 g/mol. The lowest BCUT2D eigenvalue weighted by molar-refractivity contribution is 0.411. The van der Waals surface area contributed by atoms with Crippen LogP contribution in [0.15, 0.2) is 58.8 Å². The summed E-state index contributed by atoms with van der Waals surface area (Å²) in [5.41, 5.74) is 5.82. The van der Waals surface area contributed by atoms with Crippen molar-refractivity contribution in [1.82, 2.24) is 15.2 Å². The molecule has 0 saturated heterocycles. The zero-order valence-corrected chi connectivity index (χ0v) is 16.2. The van der Waals surface area contributed by atoms with Crippen molar-refractivity contribution in [1.29, 1.82) is 0 Å². The van der Waals surface area contributed by atoms with Crippen molar-refractivity contribution in [2.75, 3.05) is 19.6 Å². The number of nitrogens with zero attached hydrogens (tertiary/aromatic N) is 3. The number of methoxy groups -OCH3 is 2. The molecule has 0 aliphatic rings. The van der Waals surface area contributed by atoms with Crippen LogP contribution in [-0.4, -0.2) is 35.1 Å². The minimum absolute atomic E-state index is 0.491. The number of nitrogens with one attached hydrogen (secondary N) is 2. The van der Waals surface area contributed by atoms with E-state index in [1.54, 1.807) is 14.2 Å². The molecule has 27 heavy (non-hydrogen) atoms. The standard InChI is InChI=1S/C19H21N5O2S/c1-13(14-8-10-16(25-2)11-9-14)21-22-18-20-19(24-23-18)27-12-15-6-4-5-7-17(15)26-3/h4-11H,12H2,1-3H3,(H2,20,22,23,24)/b21-13+. The average molecular weight is 383 g/mol. The predicted octanol–water partition coefficient (Wildman–Crippen LogP) is 3.95. The summed E-state index contributed by atoms with van der Waals surface area (Å²) < 4.78 is 10.5. The molecule has 0 aliphatic carbocycles. The molecule has 2 aromatic carbocycles. The molecule has 7 nitrogen and oxygen atoms in total. The first kappa shape index (κ1) is 18.8. The van der Waals surface area contributed by atoms with Gasteiger partial charge in [0, 0.05) is 11.3 Å². The van der Waals surface area contributed by atoms with Crippen LogP contribution in [0, 0.1) is 0 Å². The maximum atomic E-state index is 5.36. The van der Waals surface area contributed by atoms with Gasteiger partial charge < -0.3 is 9.47 Å². The number of thioether (sulfide) groups is 1. The molecule has 0 radical (unpaired) electrons. The topological polar surface area (TPSA) is 84.4 Å². The number of rotatable bonds is 8. The Labute approximate surface area is 162 Å². The first-order chi connectivity index (χ1) is 13.2. The lowest BCUT2D eigenvalue weighted by atomic mass is 10.1. The third-order valence-corrected chi connectivity index (χ3v) is 4.75. The Morgan fingerprint density at radius 2 is 1.89 bits per heavy atom. The highest BCUT2D eigenvalue weighted by Gasteiger charge is 2.07. The maximum absolute atomic E-state index is 5.36. The average Bonchev–Trinajstić information content (AvgIpc) is 3.18. The number of anilines is 1. The summed E-state index contributed by atoms with van der Waals surface area (Å²) in [6.45, 7) is 1.92. The Bertz CT molecular complexity index is 908. The molecule has 0 amide bonds. The van der Waals surface area contributed by atoms with Crippen LogP contribution in [0.1, 0.15) is 18.1 Å². The fourth-order valence-corrected chi connectivity index (χ4v) is 3.15. The molecule has 0 fully saturated rings. The van der Waals surface area contributed by atoms with Gasteiger partial charge >= 0.3 is 0 Å². The van der Waals surface area contributed by atoms with Crippen LogP contribution in [0.4, 0.5) is 5.95 Å². The Morgan fingerprint density at radius 3 is 2.63 bits per heavy atom. The lowest BCUT2D eigenvalue weighted by Crippen LogP contribution is -2.00. The van der Waals surface area contributed by atoms with Crippen LogP contribution < -0.4 is 14.9 Å². The molecule has 0 bridgehead atoms. The lowest BCUT2D eigenvalue weighted by Gasteiger charge is -2.05. The number of hydrogen-bond acceptors (Lipinski definition) is 7. The predicted molar refractivity (Wildman–Crippen MR) is 108 cm³/mol. The Kier molecular flexibility index (Phi) is 6.32. The second-order valence-electron chi connectivity index (χ2n) is 5.60. The molecule has 3 aromatic rings. The van der Waals surface area contributed by atoms with E-state index >= 15 is 0 Å². The molecule has 8 heteroatoms. The minimum Gasteiger partial charge on any atom is -0.497 e. The molecule has 1 aromatic heterocycles. The van der Waals surface area contributed by atoms with E-state index in [1.165, 1.54) is 11.8 Å². The number of para-hydroxylation sites is 1. The van der Waals surface area contributed by atoms with Crippen molar-refractivity contribution in [2.45, 2.75) is 17.8 Å². The second-order valence-corrected chi connectivity index (χ2v) is 6.55. The van der Waals surface area contributed by atoms with Gasteiger partial charge in [0.25, 0.3) is 0 Å². The molecule has 1 heterocycles. The van der Waals surface area contributed by atoms with Crippen molar-refractivity contribution in [3.05, 3.63) is 59.7 Å². The quantitative estimate of drug-likeness (QED) is 0.348. The number of hydrazone groups is 1. The van der Waals surface area contributed by atoms with Gasteiger partial charge in [-0.25, -0.2) is 10.5 Å². The van der Waals surface area contributed by atoms with Gasteiger partial charge in [-0.3, -0.25) is 0 Å². The van der Waals surface area contributed by atoms with E-state index in [2.05, 4.69) is 25.7 Å². The SMILES string of the molecule is COc1ccc(/C(C)=N/Nc2nc(SCc3ccccc3OC)n[nH]2)cc1. The van der Waals surface area contributed by atoms with Crippen LogP contribution in [0.3, 0.4) is 0 Å². The second kappa shape index (κ2) is 9.09. The number of aromatic amines is 1. The number of H-pyrrole nitrogens is 1.